The Hall–Kier alpha value is -2.41. The lowest BCUT2D eigenvalue weighted by Gasteiger charge is -2.19. The molecule has 3 aromatic heterocycles. The predicted molar refractivity (Wildman–Crippen MR) is 114 cm³/mol. The van der Waals surface area contributed by atoms with Crippen LogP contribution in [0, 0.1) is 6.92 Å². The molecule has 0 bridgehead atoms. The summed E-state index contributed by atoms with van der Waals surface area (Å²) < 4.78 is 10.1. The fourth-order valence-electron chi connectivity index (χ4n) is 3.34. The number of nitrogens with zero attached hydrogens (tertiary/aromatic N) is 5. The number of aryl methyl sites for hydroxylation is 2. The summed E-state index contributed by atoms with van der Waals surface area (Å²) in [7, 11) is 0. The van der Waals surface area contributed by atoms with E-state index < -0.39 is 0 Å². The standard InChI is InChI=1S/C21H21Cl2N5O/c1-3-28-21-19(14(2)26-28)20(23)16(10-25-21)12-29-18(11-27-9-8-24-13-27)15-4-6-17(22)7-5-15/h4-10,13,18H,3,11-12H2,1-2H3. The Bertz CT molecular complexity index is 1110. The van der Waals surface area contributed by atoms with Crippen LogP contribution in [-0.2, 0) is 24.4 Å². The van der Waals surface area contributed by atoms with Crippen LogP contribution in [0.5, 0.6) is 0 Å². The smallest absolute Gasteiger partial charge is 0.159 e. The van der Waals surface area contributed by atoms with Crippen molar-refractivity contribution in [3.63, 3.8) is 0 Å². The van der Waals surface area contributed by atoms with Crippen LogP contribution in [-0.4, -0.2) is 24.3 Å². The van der Waals surface area contributed by atoms with E-state index in [1.165, 1.54) is 0 Å². The molecule has 0 spiro atoms. The van der Waals surface area contributed by atoms with E-state index in [2.05, 4.69) is 15.1 Å². The third-order valence-corrected chi connectivity index (χ3v) is 5.55. The number of aromatic nitrogens is 5. The Morgan fingerprint density at radius 3 is 2.66 bits per heavy atom. The van der Waals surface area contributed by atoms with E-state index in [4.69, 9.17) is 27.9 Å². The number of hydrogen-bond donors (Lipinski definition) is 0. The van der Waals surface area contributed by atoms with Crippen molar-refractivity contribution in [3.05, 3.63) is 76.0 Å². The Morgan fingerprint density at radius 2 is 1.97 bits per heavy atom. The van der Waals surface area contributed by atoms with Crippen LogP contribution in [0.25, 0.3) is 11.0 Å². The summed E-state index contributed by atoms with van der Waals surface area (Å²) in [5, 5.41) is 6.73. The summed E-state index contributed by atoms with van der Waals surface area (Å²) >= 11 is 12.8. The maximum atomic E-state index is 6.70. The first kappa shape index (κ1) is 19.9. The second-order valence-corrected chi connectivity index (χ2v) is 7.62. The van der Waals surface area contributed by atoms with Gasteiger partial charge in [0, 0.05) is 35.7 Å². The molecule has 1 atom stereocenters. The van der Waals surface area contributed by atoms with Gasteiger partial charge in [-0.2, -0.15) is 5.10 Å². The van der Waals surface area contributed by atoms with Crippen molar-refractivity contribution in [1.29, 1.82) is 0 Å². The zero-order valence-corrected chi connectivity index (χ0v) is 17.7. The summed E-state index contributed by atoms with van der Waals surface area (Å²) in [5.74, 6) is 0. The molecule has 0 saturated carbocycles. The van der Waals surface area contributed by atoms with E-state index >= 15 is 0 Å². The van der Waals surface area contributed by atoms with Crippen molar-refractivity contribution in [2.45, 2.75) is 39.6 Å². The minimum atomic E-state index is -0.187. The summed E-state index contributed by atoms with van der Waals surface area (Å²) in [6.45, 7) is 5.68. The molecule has 1 unspecified atom stereocenters. The van der Waals surface area contributed by atoms with Crippen LogP contribution in [0.2, 0.25) is 10.0 Å². The lowest BCUT2D eigenvalue weighted by molar-refractivity contribution is 0.0279. The maximum Gasteiger partial charge on any atom is 0.159 e. The van der Waals surface area contributed by atoms with Gasteiger partial charge in [0.1, 0.15) is 6.10 Å². The second kappa shape index (κ2) is 8.53. The van der Waals surface area contributed by atoms with Gasteiger partial charge in [-0.3, -0.25) is 0 Å². The Balaban J connectivity index is 1.60. The number of pyridine rings is 1. The number of hydrogen-bond acceptors (Lipinski definition) is 4. The highest BCUT2D eigenvalue weighted by atomic mass is 35.5. The number of benzene rings is 1. The molecule has 6 nitrogen and oxygen atoms in total. The molecule has 29 heavy (non-hydrogen) atoms. The van der Waals surface area contributed by atoms with Crippen molar-refractivity contribution in [1.82, 2.24) is 24.3 Å². The number of imidazole rings is 1. The first-order valence-electron chi connectivity index (χ1n) is 9.40. The number of halogens is 2. The summed E-state index contributed by atoms with van der Waals surface area (Å²) in [6.07, 6.45) is 7.02. The normalized spacial score (nSPS) is 12.6. The molecule has 0 aliphatic carbocycles. The zero-order valence-electron chi connectivity index (χ0n) is 16.2. The van der Waals surface area contributed by atoms with Crippen LogP contribution in [0.3, 0.4) is 0 Å². The minimum Gasteiger partial charge on any atom is -0.367 e. The molecule has 4 aromatic rings. The van der Waals surface area contributed by atoms with E-state index in [9.17, 15) is 0 Å². The Kier molecular flexibility index (Phi) is 5.85. The van der Waals surface area contributed by atoms with Gasteiger partial charge in [0.2, 0.25) is 0 Å². The number of ether oxygens (including phenoxy) is 1. The van der Waals surface area contributed by atoms with Gasteiger partial charge in [0.15, 0.2) is 5.65 Å². The van der Waals surface area contributed by atoms with Gasteiger partial charge in [-0.25, -0.2) is 14.6 Å². The minimum absolute atomic E-state index is 0.187. The van der Waals surface area contributed by atoms with Gasteiger partial charge in [0.25, 0.3) is 0 Å². The van der Waals surface area contributed by atoms with Crippen molar-refractivity contribution >= 4 is 34.2 Å². The van der Waals surface area contributed by atoms with E-state index in [-0.39, 0.29) is 6.10 Å². The highest BCUT2D eigenvalue weighted by Gasteiger charge is 2.18. The van der Waals surface area contributed by atoms with Crippen molar-refractivity contribution in [3.8, 4) is 0 Å². The van der Waals surface area contributed by atoms with Gasteiger partial charge < -0.3 is 9.30 Å². The second-order valence-electron chi connectivity index (χ2n) is 6.81. The van der Waals surface area contributed by atoms with Gasteiger partial charge in [0.05, 0.1) is 35.6 Å². The third kappa shape index (κ3) is 4.15. The summed E-state index contributed by atoms with van der Waals surface area (Å²) in [4.78, 5) is 8.69. The Labute approximate surface area is 179 Å². The first-order valence-corrected chi connectivity index (χ1v) is 10.2. The molecule has 0 aliphatic heterocycles. The monoisotopic (exact) mass is 429 g/mol. The first-order chi connectivity index (χ1) is 14.1. The molecule has 4 rings (SSSR count). The van der Waals surface area contributed by atoms with Gasteiger partial charge in [-0.1, -0.05) is 35.3 Å². The molecule has 0 aliphatic rings. The highest BCUT2D eigenvalue weighted by Crippen LogP contribution is 2.30. The van der Waals surface area contributed by atoms with Crippen LogP contribution >= 0.6 is 23.2 Å². The fraction of sp³-hybridized carbons (Fsp3) is 0.286. The quantitative estimate of drug-likeness (QED) is 0.403. The molecule has 1 aromatic carbocycles. The topological polar surface area (TPSA) is 57.8 Å². The van der Waals surface area contributed by atoms with Crippen LogP contribution in [0.15, 0.2) is 49.2 Å². The average Bonchev–Trinajstić information content (AvgIpc) is 3.35. The SMILES string of the molecule is CCn1nc(C)c2c(Cl)c(COC(Cn3ccnc3)c3ccc(Cl)cc3)cnc21. The Morgan fingerprint density at radius 1 is 1.17 bits per heavy atom. The molecule has 0 radical (unpaired) electrons. The molecule has 0 fully saturated rings. The van der Waals surface area contributed by atoms with Crippen molar-refractivity contribution in [2.75, 3.05) is 0 Å². The number of fused-ring (bicyclic) bond motifs is 1. The third-order valence-electron chi connectivity index (χ3n) is 4.86. The van der Waals surface area contributed by atoms with E-state index in [1.807, 2.05) is 53.6 Å². The largest absolute Gasteiger partial charge is 0.367 e. The van der Waals surface area contributed by atoms with E-state index in [1.54, 1.807) is 18.7 Å². The van der Waals surface area contributed by atoms with E-state index in [0.29, 0.717) is 23.2 Å². The highest BCUT2D eigenvalue weighted by molar-refractivity contribution is 6.36. The lowest BCUT2D eigenvalue weighted by Crippen LogP contribution is -2.12. The molecule has 150 valence electrons. The predicted octanol–water partition coefficient (Wildman–Crippen LogP) is 5.22. The van der Waals surface area contributed by atoms with Crippen LogP contribution in [0.4, 0.5) is 0 Å². The molecule has 3 heterocycles. The van der Waals surface area contributed by atoms with Gasteiger partial charge >= 0.3 is 0 Å². The average molecular weight is 430 g/mol. The molecule has 0 N–H and O–H groups in total. The van der Waals surface area contributed by atoms with Crippen molar-refractivity contribution < 1.29 is 4.74 Å². The maximum absolute atomic E-state index is 6.70. The van der Waals surface area contributed by atoms with E-state index in [0.717, 1.165) is 34.4 Å². The fourth-order valence-corrected chi connectivity index (χ4v) is 3.79. The summed E-state index contributed by atoms with van der Waals surface area (Å²) in [6, 6.07) is 7.68. The molecule has 0 amide bonds. The van der Waals surface area contributed by atoms with Gasteiger partial charge in [-0.05, 0) is 31.5 Å². The molecular formula is C21H21Cl2N5O. The lowest BCUT2D eigenvalue weighted by atomic mass is 10.1. The molecular weight excluding hydrogens is 409 g/mol. The zero-order chi connectivity index (χ0) is 20.4. The van der Waals surface area contributed by atoms with Gasteiger partial charge in [-0.15, -0.1) is 0 Å². The number of rotatable bonds is 7. The molecule has 8 heteroatoms. The van der Waals surface area contributed by atoms with Crippen LogP contribution in [0.1, 0.15) is 29.8 Å². The van der Waals surface area contributed by atoms with Crippen LogP contribution < -0.4 is 0 Å². The molecule has 0 saturated heterocycles. The summed E-state index contributed by atoms with van der Waals surface area (Å²) in [5.41, 5.74) is 3.53. The van der Waals surface area contributed by atoms with Crippen molar-refractivity contribution in [2.24, 2.45) is 0 Å².